The maximum absolute atomic E-state index is 13.9. The average Bonchev–Trinajstić information content (AvgIpc) is 3.51. The molecule has 1 amide bonds. The molecule has 1 aromatic carbocycles. The Morgan fingerprint density at radius 3 is 1.98 bits per heavy atom. The molecule has 0 unspecified atom stereocenters. The highest BCUT2D eigenvalue weighted by molar-refractivity contribution is 5.87. The summed E-state index contributed by atoms with van der Waals surface area (Å²) < 4.78 is 140. The Morgan fingerprint density at radius 1 is 0.840 bits per heavy atom. The molecule has 2 aliphatic rings. The Bertz CT molecular complexity index is 1290. The van der Waals surface area contributed by atoms with Crippen LogP contribution >= 0.6 is 0 Å². The van der Waals surface area contributed by atoms with Crippen LogP contribution in [0.25, 0.3) is 6.08 Å². The van der Waals surface area contributed by atoms with Crippen molar-refractivity contribution in [2.24, 2.45) is 5.41 Å². The molecule has 2 aliphatic carbocycles. The molecular formula is C34H44F9NO6. The number of halogens is 9. The number of alkyl halides is 9. The first-order chi connectivity index (χ1) is 23.1. The zero-order chi connectivity index (χ0) is 37.4. The summed E-state index contributed by atoms with van der Waals surface area (Å²) in [7, 11) is 0. The lowest BCUT2D eigenvalue weighted by molar-refractivity contribution is -0.398. The van der Waals surface area contributed by atoms with E-state index in [9.17, 15) is 49.1 Å². The van der Waals surface area contributed by atoms with E-state index in [4.69, 9.17) is 18.9 Å². The van der Waals surface area contributed by atoms with Crippen molar-refractivity contribution in [3.63, 3.8) is 0 Å². The Hall–Kier alpha value is -3.01. The standard InChI is InChI=1S/C34H44F9NO6/c1-4-29(2,3)28(46)44-24-10-14-26(15-11-24)50-27(45)16-9-23-7-12-25(13-8-23)47-21-22-49-30(17-5-6-18-30)48-20-19-31(35,36)32(37,38)33(39,40)34(41,42)43/h7-9,12-13,16,24,26H,4-6,10-11,14-15,17-22H2,1-3H3,(H,44,46)/b16-9+. The van der Waals surface area contributed by atoms with E-state index in [-0.39, 0.29) is 44.1 Å². The van der Waals surface area contributed by atoms with Crippen LogP contribution in [0.4, 0.5) is 39.5 Å². The first kappa shape index (κ1) is 41.4. The summed E-state index contributed by atoms with van der Waals surface area (Å²) in [5.41, 5.74) is 0.233. The van der Waals surface area contributed by atoms with E-state index in [2.05, 4.69) is 5.32 Å². The molecule has 2 fully saturated rings. The normalized spacial score (nSPS) is 20.6. The molecule has 2 saturated carbocycles. The van der Waals surface area contributed by atoms with Gasteiger partial charge in [0.15, 0.2) is 5.79 Å². The number of hydrogen-bond donors (Lipinski definition) is 1. The van der Waals surface area contributed by atoms with Crippen molar-refractivity contribution in [1.82, 2.24) is 5.32 Å². The van der Waals surface area contributed by atoms with Gasteiger partial charge >= 0.3 is 29.9 Å². The zero-order valence-corrected chi connectivity index (χ0v) is 28.2. The van der Waals surface area contributed by atoms with Gasteiger partial charge in [0.1, 0.15) is 18.5 Å². The molecule has 0 bridgehead atoms. The topological polar surface area (TPSA) is 83.1 Å². The number of esters is 1. The molecule has 0 radical (unpaired) electrons. The molecule has 3 rings (SSSR count). The maximum Gasteiger partial charge on any atom is 0.460 e. The van der Waals surface area contributed by atoms with Crippen LogP contribution < -0.4 is 10.1 Å². The largest absolute Gasteiger partial charge is 0.491 e. The molecule has 0 aliphatic heterocycles. The van der Waals surface area contributed by atoms with Crippen molar-refractivity contribution in [3.8, 4) is 5.75 Å². The second-order valence-electron chi connectivity index (χ2n) is 13.3. The Labute approximate surface area is 285 Å². The summed E-state index contributed by atoms with van der Waals surface area (Å²) in [5, 5.41) is 3.08. The van der Waals surface area contributed by atoms with Crippen LogP contribution in [0.1, 0.15) is 90.5 Å². The molecule has 0 spiro atoms. The quantitative estimate of drug-likeness (QED) is 0.0568. The summed E-state index contributed by atoms with van der Waals surface area (Å²) in [4.78, 5) is 24.8. The Kier molecular flexibility index (Phi) is 13.7. The minimum atomic E-state index is -6.95. The number of carbonyl (C=O) groups excluding carboxylic acids is 2. The van der Waals surface area contributed by atoms with Gasteiger partial charge in [0.05, 0.1) is 13.2 Å². The zero-order valence-electron chi connectivity index (χ0n) is 28.2. The number of ether oxygens (including phenoxy) is 4. The SMILES string of the molecule is CCC(C)(C)C(=O)NC1CCC(OC(=O)/C=C/c2ccc(OCCOC3(OCCC(F)(F)C(F)(F)C(F)(F)C(F)(F)F)CCCC3)cc2)CC1. The van der Waals surface area contributed by atoms with E-state index in [0.29, 0.717) is 49.8 Å². The molecular weight excluding hydrogens is 689 g/mol. The Balaban J connectivity index is 1.39. The highest BCUT2D eigenvalue weighted by Gasteiger charge is 2.81. The first-order valence-electron chi connectivity index (χ1n) is 16.6. The van der Waals surface area contributed by atoms with Gasteiger partial charge in [-0.1, -0.05) is 32.9 Å². The maximum atomic E-state index is 13.9. The molecule has 50 heavy (non-hydrogen) atoms. The molecule has 0 heterocycles. The van der Waals surface area contributed by atoms with Gasteiger partial charge in [0.2, 0.25) is 5.91 Å². The van der Waals surface area contributed by atoms with Crippen LogP contribution in [0.3, 0.4) is 0 Å². The van der Waals surface area contributed by atoms with E-state index in [1.807, 2.05) is 20.8 Å². The van der Waals surface area contributed by atoms with E-state index < -0.39 is 54.1 Å². The predicted octanol–water partition coefficient (Wildman–Crippen LogP) is 8.65. The fraction of sp³-hybridized carbons (Fsp3) is 0.706. The van der Waals surface area contributed by atoms with Gasteiger partial charge in [-0.3, -0.25) is 4.79 Å². The van der Waals surface area contributed by atoms with Gasteiger partial charge in [0.25, 0.3) is 0 Å². The van der Waals surface area contributed by atoms with Crippen molar-refractivity contribution in [3.05, 3.63) is 35.9 Å². The van der Waals surface area contributed by atoms with Gasteiger partial charge < -0.3 is 24.3 Å². The Morgan fingerprint density at radius 2 is 1.42 bits per heavy atom. The third-order valence-electron chi connectivity index (χ3n) is 9.16. The summed E-state index contributed by atoms with van der Waals surface area (Å²) in [6.07, 6.45) is -1.55. The molecule has 1 aromatic rings. The van der Waals surface area contributed by atoms with E-state index in [0.717, 1.165) is 6.42 Å². The highest BCUT2D eigenvalue weighted by atomic mass is 19.4. The van der Waals surface area contributed by atoms with E-state index in [1.54, 1.807) is 30.3 Å². The lowest BCUT2D eigenvalue weighted by Gasteiger charge is -2.35. The van der Waals surface area contributed by atoms with Crippen molar-refractivity contribution < 1.29 is 68.1 Å². The second kappa shape index (κ2) is 16.6. The highest BCUT2D eigenvalue weighted by Crippen LogP contribution is 2.54. The van der Waals surface area contributed by atoms with Gasteiger partial charge in [-0.15, -0.1) is 0 Å². The van der Waals surface area contributed by atoms with Crippen LogP contribution in [0.5, 0.6) is 5.75 Å². The minimum absolute atomic E-state index is 0.0160. The van der Waals surface area contributed by atoms with Gasteiger partial charge in [-0.2, -0.15) is 39.5 Å². The molecule has 0 atom stereocenters. The van der Waals surface area contributed by atoms with Crippen LogP contribution in [0, 0.1) is 5.41 Å². The molecule has 16 heteroatoms. The van der Waals surface area contributed by atoms with E-state index in [1.165, 1.54) is 6.08 Å². The van der Waals surface area contributed by atoms with Crippen molar-refractivity contribution in [1.29, 1.82) is 0 Å². The minimum Gasteiger partial charge on any atom is -0.491 e. The van der Waals surface area contributed by atoms with Crippen LogP contribution in [0.15, 0.2) is 30.3 Å². The summed E-state index contributed by atoms with van der Waals surface area (Å²) >= 11 is 0. The molecule has 0 aromatic heterocycles. The van der Waals surface area contributed by atoms with Crippen LogP contribution in [0.2, 0.25) is 0 Å². The smallest absolute Gasteiger partial charge is 0.460 e. The summed E-state index contributed by atoms with van der Waals surface area (Å²) in [6.45, 7) is 4.32. The summed E-state index contributed by atoms with van der Waals surface area (Å²) in [5.74, 6) is -20.9. The first-order valence-corrected chi connectivity index (χ1v) is 16.6. The van der Waals surface area contributed by atoms with Gasteiger partial charge in [-0.25, -0.2) is 4.79 Å². The average molecular weight is 734 g/mol. The van der Waals surface area contributed by atoms with Crippen molar-refractivity contribution in [2.45, 2.75) is 127 Å². The number of nitrogens with one attached hydrogen (secondary N) is 1. The number of benzene rings is 1. The second-order valence-corrected chi connectivity index (χ2v) is 13.3. The van der Waals surface area contributed by atoms with E-state index >= 15 is 0 Å². The number of carbonyl (C=O) groups is 2. The lowest BCUT2D eigenvalue weighted by atomic mass is 9.87. The number of rotatable bonds is 17. The fourth-order valence-electron chi connectivity index (χ4n) is 5.47. The van der Waals surface area contributed by atoms with Crippen molar-refractivity contribution >= 4 is 18.0 Å². The van der Waals surface area contributed by atoms with Crippen LogP contribution in [-0.4, -0.2) is 73.6 Å². The van der Waals surface area contributed by atoms with Gasteiger partial charge in [-0.05, 0) is 68.7 Å². The predicted molar refractivity (Wildman–Crippen MR) is 164 cm³/mol. The summed E-state index contributed by atoms with van der Waals surface area (Å²) in [6, 6.07) is 6.62. The van der Waals surface area contributed by atoms with Crippen LogP contribution in [-0.2, 0) is 23.8 Å². The molecule has 284 valence electrons. The number of hydrogen-bond acceptors (Lipinski definition) is 6. The monoisotopic (exact) mass is 733 g/mol. The fourth-order valence-corrected chi connectivity index (χ4v) is 5.47. The molecule has 0 saturated heterocycles. The third-order valence-corrected chi connectivity index (χ3v) is 9.16. The molecule has 1 N–H and O–H groups in total. The lowest BCUT2D eigenvalue weighted by Crippen LogP contribution is -2.61. The van der Waals surface area contributed by atoms with Gasteiger partial charge in [0, 0.05) is 36.8 Å². The van der Waals surface area contributed by atoms with Crippen molar-refractivity contribution in [2.75, 3.05) is 19.8 Å². The third kappa shape index (κ3) is 10.5. The molecule has 7 nitrogen and oxygen atoms in total. The number of amides is 1.